The molecule has 2 aromatic carbocycles. The molecule has 0 saturated heterocycles. The summed E-state index contributed by atoms with van der Waals surface area (Å²) in [5.41, 5.74) is 1.64. The molecule has 102 valence electrons. The summed E-state index contributed by atoms with van der Waals surface area (Å²) in [5, 5.41) is 10.5. The fraction of sp³-hybridized carbons (Fsp3) is 0.158. The fourth-order valence-corrected chi connectivity index (χ4v) is 2.17. The molecule has 1 nitrogen and oxygen atoms in total. The van der Waals surface area contributed by atoms with Crippen molar-refractivity contribution in [3.8, 4) is 0 Å². The SMILES string of the molecule is C=CC(C)(c1ccccc1)C(O)/C=C/c1ccccc1. The summed E-state index contributed by atoms with van der Waals surface area (Å²) >= 11 is 0. The Kier molecular flexibility index (Phi) is 4.54. The first-order valence-electron chi connectivity index (χ1n) is 6.77. The first-order chi connectivity index (χ1) is 9.66. The van der Waals surface area contributed by atoms with Crippen LogP contribution >= 0.6 is 0 Å². The van der Waals surface area contributed by atoms with Gasteiger partial charge in [0.25, 0.3) is 0 Å². The lowest BCUT2D eigenvalue weighted by atomic mass is 9.77. The molecule has 2 aromatic rings. The van der Waals surface area contributed by atoms with Crippen LogP contribution in [0.3, 0.4) is 0 Å². The molecule has 0 spiro atoms. The van der Waals surface area contributed by atoms with Crippen molar-refractivity contribution in [1.82, 2.24) is 0 Å². The van der Waals surface area contributed by atoms with Crippen molar-refractivity contribution in [2.24, 2.45) is 0 Å². The molecule has 2 unspecified atom stereocenters. The predicted molar refractivity (Wildman–Crippen MR) is 85.5 cm³/mol. The van der Waals surface area contributed by atoms with E-state index in [1.54, 1.807) is 0 Å². The number of benzene rings is 2. The van der Waals surface area contributed by atoms with Crippen molar-refractivity contribution in [2.75, 3.05) is 0 Å². The van der Waals surface area contributed by atoms with Crippen LogP contribution in [-0.4, -0.2) is 11.2 Å². The third-order valence-electron chi connectivity index (χ3n) is 3.70. The van der Waals surface area contributed by atoms with Crippen molar-refractivity contribution >= 4 is 6.08 Å². The number of hydrogen-bond acceptors (Lipinski definition) is 1. The quantitative estimate of drug-likeness (QED) is 0.802. The molecular weight excluding hydrogens is 244 g/mol. The van der Waals surface area contributed by atoms with Gasteiger partial charge in [0.1, 0.15) is 0 Å². The predicted octanol–water partition coefficient (Wildman–Crippen LogP) is 4.20. The lowest BCUT2D eigenvalue weighted by Gasteiger charge is -2.30. The van der Waals surface area contributed by atoms with Crippen LogP contribution in [0.5, 0.6) is 0 Å². The summed E-state index contributed by atoms with van der Waals surface area (Å²) in [4.78, 5) is 0. The summed E-state index contributed by atoms with van der Waals surface area (Å²) in [7, 11) is 0. The molecule has 0 aromatic heterocycles. The normalized spacial score (nSPS) is 15.7. The minimum absolute atomic E-state index is 0.494. The van der Waals surface area contributed by atoms with E-state index in [9.17, 15) is 5.11 Å². The topological polar surface area (TPSA) is 20.2 Å². The summed E-state index contributed by atoms with van der Waals surface area (Å²) in [6, 6.07) is 19.9. The van der Waals surface area contributed by atoms with Gasteiger partial charge in [0.2, 0.25) is 0 Å². The van der Waals surface area contributed by atoms with Crippen LogP contribution in [0.1, 0.15) is 18.1 Å². The number of aliphatic hydroxyl groups is 1. The van der Waals surface area contributed by atoms with Crippen molar-refractivity contribution in [3.05, 3.63) is 90.5 Å². The van der Waals surface area contributed by atoms with Gasteiger partial charge in [0, 0.05) is 5.41 Å². The second-order valence-electron chi connectivity index (χ2n) is 5.07. The Labute approximate surface area is 120 Å². The Morgan fingerprint density at radius 3 is 2.10 bits per heavy atom. The van der Waals surface area contributed by atoms with Crippen molar-refractivity contribution in [3.63, 3.8) is 0 Å². The molecule has 1 N–H and O–H groups in total. The van der Waals surface area contributed by atoms with Gasteiger partial charge in [-0.2, -0.15) is 0 Å². The van der Waals surface area contributed by atoms with Gasteiger partial charge in [-0.1, -0.05) is 78.9 Å². The maximum atomic E-state index is 10.5. The van der Waals surface area contributed by atoms with E-state index in [1.807, 2.05) is 85.8 Å². The summed E-state index contributed by atoms with van der Waals surface area (Å²) in [5.74, 6) is 0. The summed E-state index contributed by atoms with van der Waals surface area (Å²) in [6.45, 7) is 5.89. The molecule has 0 amide bonds. The Bertz CT molecular complexity index is 571. The second-order valence-corrected chi connectivity index (χ2v) is 5.07. The Balaban J connectivity index is 2.24. The highest BCUT2D eigenvalue weighted by atomic mass is 16.3. The third kappa shape index (κ3) is 3.06. The van der Waals surface area contributed by atoms with Gasteiger partial charge in [-0.15, -0.1) is 6.58 Å². The van der Waals surface area contributed by atoms with E-state index in [2.05, 4.69) is 6.58 Å². The van der Waals surface area contributed by atoms with E-state index in [1.165, 1.54) is 0 Å². The number of aliphatic hydroxyl groups excluding tert-OH is 1. The van der Waals surface area contributed by atoms with Crippen molar-refractivity contribution < 1.29 is 5.11 Å². The molecule has 0 aliphatic heterocycles. The zero-order chi connectivity index (χ0) is 14.4. The second kappa shape index (κ2) is 6.36. The molecule has 2 atom stereocenters. The van der Waals surface area contributed by atoms with Crippen LogP contribution < -0.4 is 0 Å². The zero-order valence-electron chi connectivity index (χ0n) is 11.7. The number of hydrogen-bond donors (Lipinski definition) is 1. The Hall–Kier alpha value is -2.12. The van der Waals surface area contributed by atoms with Crippen molar-refractivity contribution in [2.45, 2.75) is 18.4 Å². The highest BCUT2D eigenvalue weighted by molar-refractivity contribution is 5.50. The standard InChI is InChI=1S/C19H20O/c1-3-19(2,17-12-8-5-9-13-17)18(20)15-14-16-10-6-4-7-11-16/h3-15,18,20H,1H2,2H3/b15-14+. The molecule has 0 heterocycles. The molecule has 0 aliphatic rings. The maximum absolute atomic E-state index is 10.5. The van der Waals surface area contributed by atoms with Crippen LogP contribution in [0.15, 0.2) is 79.4 Å². The van der Waals surface area contributed by atoms with Crippen LogP contribution in [0.25, 0.3) is 6.08 Å². The lowest BCUT2D eigenvalue weighted by Crippen LogP contribution is -2.33. The molecule has 0 aliphatic carbocycles. The highest BCUT2D eigenvalue weighted by Crippen LogP contribution is 2.30. The molecule has 0 fully saturated rings. The largest absolute Gasteiger partial charge is 0.388 e. The highest BCUT2D eigenvalue weighted by Gasteiger charge is 2.29. The van der Waals surface area contributed by atoms with Gasteiger partial charge in [0.15, 0.2) is 0 Å². The molecule has 2 rings (SSSR count). The van der Waals surface area contributed by atoms with E-state index in [4.69, 9.17) is 0 Å². The van der Waals surface area contributed by atoms with Gasteiger partial charge in [-0.25, -0.2) is 0 Å². The minimum atomic E-state index is -0.623. The van der Waals surface area contributed by atoms with Gasteiger partial charge >= 0.3 is 0 Å². The van der Waals surface area contributed by atoms with Crippen LogP contribution in [0.4, 0.5) is 0 Å². The first kappa shape index (κ1) is 14.3. The van der Waals surface area contributed by atoms with E-state index >= 15 is 0 Å². The summed E-state index contributed by atoms with van der Waals surface area (Å²) < 4.78 is 0. The molecular formula is C19H20O. The van der Waals surface area contributed by atoms with Crippen molar-refractivity contribution in [1.29, 1.82) is 0 Å². The smallest absolute Gasteiger partial charge is 0.0852 e. The van der Waals surface area contributed by atoms with E-state index in [0.717, 1.165) is 11.1 Å². The lowest BCUT2D eigenvalue weighted by molar-refractivity contribution is 0.162. The van der Waals surface area contributed by atoms with Gasteiger partial charge in [0.05, 0.1) is 6.10 Å². The fourth-order valence-electron chi connectivity index (χ4n) is 2.17. The average molecular weight is 264 g/mol. The van der Waals surface area contributed by atoms with Crippen LogP contribution in [0, 0.1) is 0 Å². The Morgan fingerprint density at radius 2 is 1.55 bits per heavy atom. The number of rotatable bonds is 5. The molecule has 20 heavy (non-hydrogen) atoms. The van der Waals surface area contributed by atoms with Gasteiger partial charge < -0.3 is 5.11 Å². The summed E-state index contributed by atoms with van der Waals surface area (Å²) in [6.07, 6.45) is 4.95. The first-order valence-corrected chi connectivity index (χ1v) is 6.77. The maximum Gasteiger partial charge on any atom is 0.0852 e. The third-order valence-corrected chi connectivity index (χ3v) is 3.70. The van der Waals surface area contributed by atoms with Crippen LogP contribution in [-0.2, 0) is 5.41 Å². The van der Waals surface area contributed by atoms with E-state index < -0.39 is 11.5 Å². The molecule has 0 radical (unpaired) electrons. The van der Waals surface area contributed by atoms with Gasteiger partial charge in [-0.05, 0) is 18.1 Å². The van der Waals surface area contributed by atoms with Crippen LogP contribution in [0.2, 0.25) is 0 Å². The molecule has 0 saturated carbocycles. The van der Waals surface area contributed by atoms with Gasteiger partial charge in [-0.3, -0.25) is 0 Å². The monoisotopic (exact) mass is 264 g/mol. The molecule has 0 bridgehead atoms. The average Bonchev–Trinajstić information content (AvgIpc) is 2.53. The minimum Gasteiger partial charge on any atom is -0.388 e. The zero-order valence-corrected chi connectivity index (χ0v) is 11.7. The Morgan fingerprint density at radius 1 is 1.00 bits per heavy atom. The van der Waals surface area contributed by atoms with E-state index in [0.29, 0.717) is 0 Å². The van der Waals surface area contributed by atoms with E-state index in [-0.39, 0.29) is 0 Å². The molecule has 1 heteroatoms.